The van der Waals surface area contributed by atoms with Crippen molar-refractivity contribution in [2.24, 2.45) is 0 Å². The highest BCUT2D eigenvalue weighted by Gasteiger charge is 2.12. The molecule has 3 aromatic rings. The van der Waals surface area contributed by atoms with Crippen LogP contribution in [0.1, 0.15) is 62.9 Å². The summed E-state index contributed by atoms with van der Waals surface area (Å²) in [5.41, 5.74) is 5.75. The lowest BCUT2D eigenvalue weighted by Crippen LogP contribution is -2.07. The molecule has 4 heteroatoms. The fourth-order valence-corrected chi connectivity index (χ4v) is 3.51. The van der Waals surface area contributed by atoms with E-state index in [-0.39, 0.29) is 5.97 Å². The van der Waals surface area contributed by atoms with Crippen LogP contribution in [0.2, 0.25) is 0 Å². The fourth-order valence-electron chi connectivity index (χ4n) is 3.51. The summed E-state index contributed by atoms with van der Waals surface area (Å²) in [6, 6.07) is 15.0. The third kappa shape index (κ3) is 5.47. The van der Waals surface area contributed by atoms with Gasteiger partial charge >= 0.3 is 5.97 Å². The van der Waals surface area contributed by atoms with Gasteiger partial charge in [-0.05, 0) is 55.2 Å². The molecule has 0 atom stereocenters. The lowest BCUT2D eigenvalue weighted by Gasteiger charge is -2.11. The van der Waals surface area contributed by atoms with E-state index < -0.39 is 0 Å². The maximum absolute atomic E-state index is 11.6. The smallest absolute Gasteiger partial charge is 0.305 e. The Labute approximate surface area is 173 Å². The van der Waals surface area contributed by atoms with E-state index in [0.29, 0.717) is 13.0 Å². The van der Waals surface area contributed by atoms with Crippen LogP contribution in [-0.2, 0) is 22.4 Å². The highest BCUT2D eigenvalue weighted by Crippen LogP contribution is 2.24. The first-order valence-electron chi connectivity index (χ1n) is 10.8. The van der Waals surface area contributed by atoms with Crippen molar-refractivity contribution in [3.8, 4) is 5.69 Å². The van der Waals surface area contributed by atoms with E-state index >= 15 is 0 Å². The minimum atomic E-state index is -0.0932. The number of aryl methyl sites for hydroxylation is 2. The van der Waals surface area contributed by atoms with Gasteiger partial charge in [0.05, 0.1) is 17.6 Å². The van der Waals surface area contributed by atoms with Gasteiger partial charge in [-0.2, -0.15) is 0 Å². The van der Waals surface area contributed by atoms with E-state index in [0.717, 1.165) is 61.1 Å². The van der Waals surface area contributed by atoms with Crippen LogP contribution >= 0.6 is 0 Å². The van der Waals surface area contributed by atoms with Gasteiger partial charge < -0.3 is 4.74 Å². The van der Waals surface area contributed by atoms with Crippen molar-refractivity contribution in [1.82, 2.24) is 9.55 Å². The van der Waals surface area contributed by atoms with Crippen molar-refractivity contribution in [1.29, 1.82) is 0 Å². The van der Waals surface area contributed by atoms with Gasteiger partial charge in [0.15, 0.2) is 0 Å². The first-order chi connectivity index (χ1) is 14.1. The number of hydrogen-bond acceptors (Lipinski definition) is 3. The monoisotopic (exact) mass is 392 g/mol. The number of aromatic nitrogens is 2. The molecule has 0 bridgehead atoms. The molecule has 0 aliphatic carbocycles. The quantitative estimate of drug-likeness (QED) is 0.400. The standard InChI is InChI=1S/C25H32N2O2/c1-4-6-8-24-26-22-15-10-19(3)18-23(22)27(24)21-13-11-20(12-14-21)16-17-29-25(28)9-7-5-2/h10-15,18H,4-9,16-17H2,1-3H3. The van der Waals surface area contributed by atoms with Gasteiger partial charge in [0, 0.05) is 24.9 Å². The summed E-state index contributed by atoms with van der Waals surface area (Å²) in [4.78, 5) is 16.5. The summed E-state index contributed by atoms with van der Waals surface area (Å²) in [7, 11) is 0. The van der Waals surface area contributed by atoms with Crippen molar-refractivity contribution in [3.05, 3.63) is 59.4 Å². The van der Waals surface area contributed by atoms with E-state index in [1.54, 1.807) is 0 Å². The van der Waals surface area contributed by atoms with Gasteiger partial charge in [0.25, 0.3) is 0 Å². The van der Waals surface area contributed by atoms with Crippen molar-refractivity contribution >= 4 is 17.0 Å². The molecule has 0 spiro atoms. The summed E-state index contributed by atoms with van der Waals surface area (Å²) >= 11 is 0. The largest absolute Gasteiger partial charge is 0.465 e. The molecule has 0 aliphatic heterocycles. The van der Waals surface area contributed by atoms with E-state index in [1.165, 1.54) is 11.1 Å². The average molecular weight is 393 g/mol. The highest BCUT2D eigenvalue weighted by atomic mass is 16.5. The van der Waals surface area contributed by atoms with Crippen LogP contribution in [0.5, 0.6) is 0 Å². The molecule has 1 heterocycles. The van der Waals surface area contributed by atoms with Crippen LogP contribution in [0.25, 0.3) is 16.7 Å². The molecule has 2 aromatic carbocycles. The maximum atomic E-state index is 11.6. The summed E-state index contributed by atoms with van der Waals surface area (Å²) in [5, 5.41) is 0. The molecule has 154 valence electrons. The number of carbonyl (C=O) groups is 1. The molecule has 3 rings (SSSR count). The Balaban J connectivity index is 1.76. The summed E-state index contributed by atoms with van der Waals surface area (Å²) in [5.74, 6) is 1.02. The number of hydrogen-bond donors (Lipinski definition) is 0. The second kappa shape index (κ2) is 10.2. The van der Waals surface area contributed by atoms with Crippen LogP contribution in [0, 0.1) is 6.92 Å². The third-order valence-corrected chi connectivity index (χ3v) is 5.22. The number of imidazole rings is 1. The molecule has 0 saturated heterocycles. The van der Waals surface area contributed by atoms with E-state index in [2.05, 4.69) is 67.8 Å². The Morgan fingerprint density at radius 3 is 2.48 bits per heavy atom. The molecule has 29 heavy (non-hydrogen) atoms. The van der Waals surface area contributed by atoms with Crippen molar-refractivity contribution in [2.75, 3.05) is 6.61 Å². The van der Waals surface area contributed by atoms with Crippen molar-refractivity contribution in [2.45, 2.75) is 65.7 Å². The van der Waals surface area contributed by atoms with E-state index in [4.69, 9.17) is 9.72 Å². The third-order valence-electron chi connectivity index (χ3n) is 5.22. The molecule has 0 aliphatic rings. The Bertz CT molecular complexity index is 941. The molecule has 0 radical (unpaired) electrons. The maximum Gasteiger partial charge on any atom is 0.305 e. The van der Waals surface area contributed by atoms with Crippen molar-refractivity contribution in [3.63, 3.8) is 0 Å². The Morgan fingerprint density at radius 1 is 1.00 bits per heavy atom. The first kappa shape index (κ1) is 21.1. The van der Waals surface area contributed by atoms with Gasteiger partial charge in [-0.25, -0.2) is 4.98 Å². The lowest BCUT2D eigenvalue weighted by molar-refractivity contribution is -0.143. The minimum Gasteiger partial charge on any atom is -0.465 e. The molecule has 0 N–H and O–H groups in total. The van der Waals surface area contributed by atoms with Crippen LogP contribution in [-0.4, -0.2) is 22.1 Å². The Hall–Kier alpha value is -2.62. The SMILES string of the molecule is CCCCC(=O)OCCc1ccc(-n2c(CCCC)nc3ccc(C)cc32)cc1. The number of benzene rings is 2. The predicted octanol–water partition coefficient (Wildman–Crippen LogP) is 5.95. The number of esters is 1. The molecule has 0 amide bonds. The predicted molar refractivity (Wildman–Crippen MR) is 119 cm³/mol. The number of rotatable bonds is 10. The zero-order valence-corrected chi connectivity index (χ0v) is 17.9. The fraction of sp³-hybridized carbons (Fsp3) is 0.440. The number of nitrogens with zero attached hydrogens (tertiary/aromatic N) is 2. The minimum absolute atomic E-state index is 0.0932. The zero-order chi connectivity index (χ0) is 20.6. The van der Waals surface area contributed by atoms with E-state index in [9.17, 15) is 4.79 Å². The molecule has 0 saturated carbocycles. The highest BCUT2D eigenvalue weighted by molar-refractivity contribution is 5.79. The van der Waals surface area contributed by atoms with Gasteiger partial charge in [-0.15, -0.1) is 0 Å². The average Bonchev–Trinajstić information content (AvgIpc) is 3.08. The van der Waals surface area contributed by atoms with Crippen LogP contribution < -0.4 is 0 Å². The van der Waals surface area contributed by atoms with Gasteiger partial charge in [0.2, 0.25) is 0 Å². The molecular formula is C25H32N2O2. The van der Waals surface area contributed by atoms with Crippen LogP contribution in [0.4, 0.5) is 0 Å². The Morgan fingerprint density at radius 2 is 1.76 bits per heavy atom. The Kier molecular flexibility index (Phi) is 7.45. The summed E-state index contributed by atoms with van der Waals surface area (Å²) in [6.07, 6.45) is 6.42. The second-order valence-corrected chi connectivity index (χ2v) is 7.70. The topological polar surface area (TPSA) is 44.1 Å². The number of fused-ring (bicyclic) bond motifs is 1. The number of unbranched alkanes of at least 4 members (excludes halogenated alkanes) is 2. The van der Waals surface area contributed by atoms with Crippen LogP contribution in [0.15, 0.2) is 42.5 Å². The normalized spacial score (nSPS) is 11.1. The molecule has 0 unspecified atom stereocenters. The molecular weight excluding hydrogens is 360 g/mol. The van der Waals surface area contributed by atoms with Gasteiger partial charge in [-0.1, -0.05) is 44.9 Å². The molecule has 1 aromatic heterocycles. The van der Waals surface area contributed by atoms with Gasteiger partial charge in [0.1, 0.15) is 5.82 Å². The molecule has 4 nitrogen and oxygen atoms in total. The first-order valence-corrected chi connectivity index (χ1v) is 10.8. The molecule has 0 fully saturated rings. The zero-order valence-electron chi connectivity index (χ0n) is 17.9. The van der Waals surface area contributed by atoms with Crippen LogP contribution in [0.3, 0.4) is 0 Å². The summed E-state index contributed by atoms with van der Waals surface area (Å²) < 4.78 is 7.61. The number of ether oxygens (including phenoxy) is 1. The van der Waals surface area contributed by atoms with Crippen molar-refractivity contribution < 1.29 is 9.53 Å². The summed E-state index contributed by atoms with van der Waals surface area (Å²) in [6.45, 7) is 6.85. The second-order valence-electron chi connectivity index (χ2n) is 7.70. The van der Waals surface area contributed by atoms with Gasteiger partial charge in [-0.3, -0.25) is 9.36 Å². The van der Waals surface area contributed by atoms with E-state index in [1.807, 2.05) is 0 Å². The number of carbonyl (C=O) groups excluding carboxylic acids is 1. The lowest BCUT2D eigenvalue weighted by atomic mass is 10.1.